The summed E-state index contributed by atoms with van der Waals surface area (Å²) in [6, 6.07) is 3.96. The molecule has 0 aliphatic rings. The molecule has 110 valence electrons. The molecule has 21 heavy (non-hydrogen) atoms. The minimum Gasteiger partial charge on any atom is -0.481 e. The van der Waals surface area contributed by atoms with E-state index in [0.717, 1.165) is 0 Å². The summed E-state index contributed by atoms with van der Waals surface area (Å²) in [6.07, 6.45) is -0.158. The molecule has 0 amide bonds. The molecule has 0 spiro atoms. The largest absolute Gasteiger partial charge is 0.481 e. The third-order valence-electron chi connectivity index (χ3n) is 2.97. The lowest BCUT2D eigenvalue weighted by atomic mass is 10.1. The zero-order chi connectivity index (χ0) is 15.6. The number of aryl methyl sites for hydroxylation is 1. The molecule has 0 aliphatic carbocycles. The number of benzene rings is 1. The second-order valence-electron chi connectivity index (χ2n) is 4.56. The Balaban J connectivity index is 2.34. The van der Waals surface area contributed by atoms with Gasteiger partial charge in [0.25, 0.3) is 5.56 Å². The van der Waals surface area contributed by atoms with Gasteiger partial charge in [-0.25, -0.2) is 9.37 Å². The summed E-state index contributed by atoms with van der Waals surface area (Å²) in [4.78, 5) is 29.3. The second-order valence-corrected chi connectivity index (χ2v) is 4.97. The molecule has 0 atom stereocenters. The Kier molecular flexibility index (Phi) is 4.37. The Bertz CT molecular complexity index is 758. The van der Waals surface area contributed by atoms with Crippen molar-refractivity contribution in [2.75, 3.05) is 0 Å². The van der Waals surface area contributed by atoms with Crippen LogP contribution in [0.4, 0.5) is 4.39 Å². The zero-order valence-electron chi connectivity index (χ0n) is 11.1. The van der Waals surface area contributed by atoms with Gasteiger partial charge in [0.1, 0.15) is 11.6 Å². The smallest absolute Gasteiger partial charge is 0.308 e. The highest BCUT2D eigenvalue weighted by atomic mass is 35.5. The van der Waals surface area contributed by atoms with Crippen molar-refractivity contribution in [2.45, 2.75) is 19.8 Å². The first-order chi connectivity index (χ1) is 9.86. The van der Waals surface area contributed by atoms with Gasteiger partial charge < -0.3 is 10.1 Å². The van der Waals surface area contributed by atoms with Crippen molar-refractivity contribution >= 4 is 17.6 Å². The van der Waals surface area contributed by atoms with Crippen LogP contribution in [0.3, 0.4) is 0 Å². The predicted octanol–water partition coefficient (Wildman–Crippen LogP) is 2.09. The first kappa shape index (κ1) is 15.2. The van der Waals surface area contributed by atoms with Gasteiger partial charge in [0.15, 0.2) is 0 Å². The second kappa shape index (κ2) is 6.05. The first-order valence-corrected chi connectivity index (χ1v) is 6.49. The van der Waals surface area contributed by atoms with E-state index in [4.69, 9.17) is 16.7 Å². The minimum atomic E-state index is -1.10. The van der Waals surface area contributed by atoms with Crippen LogP contribution in [-0.4, -0.2) is 21.0 Å². The average Bonchev–Trinajstić information content (AvgIpc) is 2.37. The number of halogens is 2. The molecule has 0 aliphatic heterocycles. The predicted molar refractivity (Wildman–Crippen MR) is 75.2 cm³/mol. The van der Waals surface area contributed by atoms with E-state index in [2.05, 4.69) is 9.97 Å². The number of carbonyl (C=O) groups is 1. The summed E-state index contributed by atoms with van der Waals surface area (Å²) < 4.78 is 13.0. The fraction of sp³-hybridized carbons (Fsp3) is 0.214. The third-order valence-corrected chi connectivity index (χ3v) is 3.32. The first-order valence-electron chi connectivity index (χ1n) is 6.11. The van der Waals surface area contributed by atoms with Gasteiger partial charge in [0, 0.05) is 22.7 Å². The number of aromatic amines is 1. The van der Waals surface area contributed by atoms with Gasteiger partial charge in [-0.1, -0.05) is 17.7 Å². The highest BCUT2D eigenvalue weighted by Crippen LogP contribution is 2.19. The van der Waals surface area contributed by atoms with Crippen LogP contribution in [0.5, 0.6) is 0 Å². The summed E-state index contributed by atoms with van der Waals surface area (Å²) in [6.45, 7) is 1.57. The van der Waals surface area contributed by atoms with Gasteiger partial charge in [-0.2, -0.15) is 0 Å². The van der Waals surface area contributed by atoms with Gasteiger partial charge in [-0.3, -0.25) is 9.59 Å². The Labute approximate surface area is 124 Å². The summed E-state index contributed by atoms with van der Waals surface area (Å²) in [5.74, 6) is -1.20. The van der Waals surface area contributed by atoms with Crippen molar-refractivity contribution in [1.82, 2.24) is 9.97 Å². The molecule has 0 saturated carbocycles. The van der Waals surface area contributed by atoms with E-state index in [1.165, 1.54) is 18.2 Å². The lowest BCUT2D eigenvalue weighted by Crippen LogP contribution is -2.21. The van der Waals surface area contributed by atoms with Crippen LogP contribution < -0.4 is 5.56 Å². The molecule has 0 saturated heterocycles. The van der Waals surface area contributed by atoms with Crippen LogP contribution >= 0.6 is 11.6 Å². The monoisotopic (exact) mass is 310 g/mol. The van der Waals surface area contributed by atoms with Crippen LogP contribution in [0.25, 0.3) is 0 Å². The van der Waals surface area contributed by atoms with Crippen molar-refractivity contribution in [3.8, 4) is 0 Å². The van der Waals surface area contributed by atoms with Crippen molar-refractivity contribution < 1.29 is 14.3 Å². The van der Waals surface area contributed by atoms with Crippen LogP contribution in [0.1, 0.15) is 22.6 Å². The van der Waals surface area contributed by atoms with Crippen molar-refractivity contribution in [1.29, 1.82) is 0 Å². The number of aromatic nitrogens is 2. The molecule has 2 N–H and O–H groups in total. The van der Waals surface area contributed by atoms with E-state index >= 15 is 0 Å². The summed E-state index contributed by atoms with van der Waals surface area (Å²) in [5, 5.41) is 8.99. The minimum absolute atomic E-state index is 0.122. The lowest BCUT2D eigenvalue weighted by molar-refractivity contribution is -0.136. The molecule has 0 radical (unpaired) electrons. The lowest BCUT2D eigenvalue weighted by Gasteiger charge is -2.07. The fourth-order valence-electron chi connectivity index (χ4n) is 1.96. The Morgan fingerprint density at radius 1 is 1.48 bits per heavy atom. The normalized spacial score (nSPS) is 10.6. The van der Waals surface area contributed by atoms with Crippen molar-refractivity contribution in [3.05, 3.63) is 62.0 Å². The van der Waals surface area contributed by atoms with Crippen LogP contribution in [0, 0.1) is 12.7 Å². The number of aliphatic carboxylic acids is 1. The maximum Gasteiger partial charge on any atom is 0.308 e. The van der Waals surface area contributed by atoms with Gasteiger partial charge in [0.2, 0.25) is 0 Å². The summed E-state index contributed by atoms with van der Waals surface area (Å²) >= 11 is 5.92. The Hall–Kier alpha value is -2.21. The van der Waals surface area contributed by atoms with Crippen LogP contribution in [-0.2, 0) is 17.6 Å². The molecular formula is C14H12ClFN2O3. The highest BCUT2D eigenvalue weighted by Gasteiger charge is 2.13. The third kappa shape index (κ3) is 3.66. The SMILES string of the molecule is Cc1nc(Cc2ccc(F)cc2Cl)[nH]c(=O)c1CC(=O)O. The number of H-pyrrole nitrogens is 1. The number of hydrogen-bond acceptors (Lipinski definition) is 3. The average molecular weight is 311 g/mol. The number of carboxylic acids is 1. The van der Waals surface area contributed by atoms with Crippen LogP contribution in [0.2, 0.25) is 5.02 Å². The molecule has 7 heteroatoms. The van der Waals surface area contributed by atoms with E-state index in [1.54, 1.807) is 6.92 Å². The molecule has 1 heterocycles. The van der Waals surface area contributed by atoms with Gasteiger partial charge in [-0.05, 0) is 24.6 Å². The molecule has 2 rings (SSSR count). The highest BCUT2D eigenvalue weighted by molar-refractivity contribution is 6.31. The molecule has 2 aromatic rings. The quantitative estimate of drug-likeness (QED) is 0.906. The maximum absolute atomic E-state index is 13.0. The molecule has 0 bridgehead atoms. The number of carboxylic acid groups (broad SMARTS) is 1. The van der Waals surface area contributed by atoms with Gasteiger partial charge in [-0.15, -0.1) is 0 Å². The number of hydrogen-bond donors (Lipinski definition) is 2. The molecule has 5 nitrogen and oxygen atoms in total. The fourth-order valence-corrected chi connectivity index (χ4v) is 2.19. The maximum atomic E-state index is 13.0. The number of nitrogens with zero attached hydrogens (tertiary/aromatic N) is 1. The van der Waals surface area contributed by atoms with E-state index in [9.17, 15) is 14.0 Å². The van der Waals surface area contributed by atoms with Crippen LogP contribution in [0.15, 0.2) is 23.0 Å². The topological polar surface area (TPSA) is 83.0 Å². The van der Waals surface area contributed by atoms with E-state index in [0.29, 0.717) is 17.1 Å². The Morgan fingerprint density at radius 2 is 2.19 bits per heavy atom. The number of nitrogens with one attached hydrogen (secondary N) is 1. The Morgan fingerprint density at radius 3 is 2.76 bits per heavy atom. The molecule has 0 unspecified atom stereocenters. The van der Waals surface area contributed by atoms with Crippen molar-refractivity contribution in [2.24, 2.45) is 0 Å². The summed E-state index contributed by atoms with van der Waals surface area (Å²) in [5.41, 5.74) is 0.607. The molecule has 1 aromatic carbocycles. The zero-order valence-corrected chi connectivity index (χ0v) is 11.9. The van der Waals surface area contributed by atoms with Gasteiger partial charge in [0.05, 0.1) is 6.42 Å². The molecule has 0 fully saturated rings. The van der Waals surface area contributed by atoms with E-state index in [-0.39, 0.29) is 23.4 Å². The summed E-state index contributed by atoms with van der Waals surface area (Å²) in [7, 11) is 0. The van der Waals surface area contributed by atoms with Crippen molar-refractivity contribution in [3.63, 3.8) is 0 Å². The van der Waals surface area contributed by atoms with E-state index < -0.39 is 17.3 Å². The molecule has 1 aromatic heterocycles. The standard InChI is InChI=1S/C14H12ClFN2O3/c1-7-10(6-13(19)20)14(21)18-12(17-7)4-8-2-3-9(16)5-11(8)15/h2-3,5H,4,6H2,1H3,(H,19,20)(H,17,18,21). The number of rotatable bonds is 4. The van der Waals surface area contributed by atoms with Gasteiger partial charge >= 0.3 is 5.97 Å². The van der Waals surface area contributed by atoms with E-state index in [1.807, 2.05) is 0 Å². The molecular weight excluding hydrogens is 299 g/mol.